The summed E-state index contributed by atoms with van der Waals surface area (Å²) >= 11 is 0. The van der Waals surface area contributed by atoms with Gasteiger partial charge in [0.25, 0.3) is 0 Å². The van der Waals surface area contributed by atoms with Gasteiger partial charge in [-0.25, -0.2) is 10.8 Å². The maximum atomic E-state index is 5.41. The van der Waals surface area contributed by atoms with Crippen LogP contribution in [0.2, 0.25) is 0 Å². The van der Waals surface area contributed by atoms with E-state index >= 15 is 0 Å². The number of hydrogen-bond acceptors (Lipinski definition) is 6. The Bertz CT molecular complexity index is 349. The van der Waals surface area contributed by atoms with Crippen LogP contribution in [-0.2, 0) is 4.74 Å². The number of ether oxygens (including phenoxy) is 1. The van der Waals surface area contributed by atoms with Gasteiger partial charge >= 0.3 is 0 Å². The molecule has 3 N–H and O–H groups in total. The van der Waals surface area contributed by atoms with Gasteiger partial charge in [0.05, 0.1) is 6.61 Å². The quantitative estimate of drug-likeness (QED) is 0.554. The lowest BCUT2D eigenvalue weighted by Gasteiger charge is -2.21. The van der Waals surface area contributed by atoms with Gasteiger partial charge in [-0.1, -0.05) is 0 Å². The highest BCUT2D eigenvalue weighted by molar-refractivity contribution is 5.44. The predicted octanol–water partition coefficient (Wildman–Crippen LogP) is 0.297. The molecule has 0 radical (unpaired) electrons. The van der Waals surface area contributed by atoms with E-state index in [9.17, 15) is 0 Å². The van der Waals surface area contributed by atoms with E-state index in [1.807, 2.05) is 13.0 Å². The largest absolute Gasteiger partial charge is 0.380 e. The van der Waals surface area contributed by atoms with Gasteiger partial charge in [0.1, 0.15) is 5.82 Å². The molecule has 1 aliphatic rings. The molecule has 2 rings (SSSR count). The molecule has 0 unspecified atom stereocenters. The molecule has 1 aromatic rings. The van der Waals surface area contributed by atoms with Crippen molar-refractivity contribution < 1.29 is 4.74 Å². The van der Waals surface area contributed by atoms with E-state index in [0.717, 1.165) is 44.2 Å². The summed E-state index contributed by atoms with van der Waals surface area (Å²) in [5.74, 6) is 6.70. The first kappa shape index (κ1) is 11.1. The minimum absolute atomic E-state index is 0.458. The summed E-state index contributed by atoms with van der Waals surface area (Å²) in [6.45, 7) is 5.32. The van der Waals surface area contributed by atoms with Crippen molar-refractivity contribution in [2.45, 2.75) is 13.3 Å². The molecule has 16 heavy (non-hydrogen) atoms. The first-order valence-electron chi connectivity index (χ1n) is 5.44. The number of nitrogens with two attached hydrogens (primary N) is 1. The van der Waals surface area contributed by atoms with Crippen LogP contribution < -0.4 is 16.2 Å². The van der Waals surface area contributed by atoms with E-state index in [1.54, 1.807) is 0 Å². The number of aryl methyl sites for hydroxylation is 1. The van der Waals surface area contributed by atoms with E-state index in [4.69, 9.17) is 10.6 Å². The van der Waals surface area contributed by atoms with Crippen molar-refractivity contribution in [3.63, 3.8) is 0 Å². The van der Waals surface area contributed by atoms with Gasteiger partial charge in [-0.15, -0.1) is 0 Å². The second-order valence-corrected chi connectivity index (χ2v) is 3.79. The molecule has 0 amide bonds. The van der Waals surface area contributed by atoms with Gasteiger partial charge in [-0.2, -0.15) is 4.98 Å². The Labute approximate surface area is 94.8 Å². The lowest BCUT2D eigenvalue weighted by Crippen LogP contribution is -2.27. The first-order chi connectivity index (χ1) is 7.79. The van der Waals surface area contributed by atoms with Gasteiger partial charge in [0.2, 0.25) is 5.95 Å². The molecule has 0 atom stereocenters. The van der Waals surface area contributed by atoms with Crippen LogP contribution in [0.1, 0.15) is 12.1 Å². The van der Waals surface area contributed by atoms with Gasteiger partial charge in [-0.3, -0.25) is 5.43 Å². The molecule has 1 aromatic heterocycles. The average molecular weight is 223 g/mol. The number of anilines is 2. The fraction of sp³-hybridized carbons (Fsp3) is 0.600. The molecule has 6 nitrogen and oxygen atoms in total. The van der Waals surface area contributed by atoms with E-state index < -0.39 is 0 Å². The Morgan fingerprint density at radius 2 is 2.25 bits per heavy atom. The maximum Gasteiger partial charge on any atom is 0.239 e. The van der Waals surface area contributed by atoms with Crippen molar-refractivity contribution >= 4 is 11.8 Å². The highest BCUT2D eigenvalue weighted by atomic mass is 16.5. The highest BCUT2D eigenvalue weighted by Crippen LogP contribution is 2.15. The molecule has 0 spiro atoms. The predicted molar refractivity (Wildman–Crippen MR) is 62.2 cm³/mol. The maximum absolute atomic E-state index is 5.41. The average Bonchev–Trinajstić information content (AvgIpc) is 2.56. The van der Waals surface area contributed by atoms with Crippen LogP contribution in [0, 0.1) is 6.92 Å². The zero-order valence-electron chi connectivity index (χ0n) is 9.44. The van der Waals surface area contributed by atoms with Crippen molar-refractivity contribution in [1.29, 1.82) is 0 Å². The van der Waals surface area contributed by atoms with Crippen molar-refractivity contribution in [3.8, 4) is 0 Å². The molecule has 6 heteroatoms. The number of nitrogens with one attached hydrogen (secondary N) is 1. The number of nitrogens with zero attached hydrogens (tertiary/aromatic N) is 3. The number of aromatic nitrogens is 2. The molecular weight excluding hydrogens is 206 g/mol. The molecule has 0 aromatic carbocycles. The smallest absolute Gasteiger partial charge is 0.239 e. The summed E-state index contributed by atoms with van der Waals surface area (Å²) in [7, 11) is 0. The van der Waals surface area contributed by atoms with E-state index in [-0.39, 0.29) is 0 Å². The van der Waals surface area contributed by atoms with Gasteiger partial charge in [-0.05, 0) is 13.3 Å². The summed E-state index contributed by atoms with van der Waals surface area (Å²) in [6, 6.07) is 1.96. The number of hydrogen-bond donors (Lipinski definition) is 2. The first-order valence-corrected chi connectivity index (χ1v) is 5.44. The van der Waals surface area contributed by atoms with E-state index in [0.29, 0.717) is 5.95 Å². The third-order valence-electron chi connectivity index (χ3n) is 2.52. The summed E-state index contributed by atoms with van der Waals surface area (Å²) < 4.78 is 5.41. The zero-order chi connectivity index (χ0) is 11.4. The molecule has 1 fully saturated rings. The molecule has 2 heterocycles. The van der Waals surface area contributed by atoms with Gasteiger partial charge in [0, 0.05) is 31.5 Å². The molecule has 0 aliphatic carbocycles. The molecule has 1 saturated heterocycles. The van der Waals surface area contributed by atoms with Gasteiger partial charge in [0.15, 0.2) is 0 Å². The van der Waals surface area contributed by atoms with Crippen LogP contribution in [0.15, 0.2) is 6.07 Å². The summed E-state index contributed by atoms with van der Waals surface area (Å²) in [4.78, 5) is 10.7. The fourth-order valence-corrected chi connectivity index (χ4v) is 1.75. The monoisotopic (exact) mass is 223 g/mol. The molecule has 0 bridgehead atoms. The van der Waals surface area contributed by atoms with Gasteiger partial charge < -0.3 is 9.64 Å². The fourth-order valence-electron chi connectivity index (χ4n) is 1.75. The SMILES string of the molecule is Cc1cc(N2CCCOCC2)nc(NN)n1. The third kappa shape index (κ3) is 2.59. The second-order valence-electron chi connectivity index (χ2n) is 3.79. The van der Waals surface area contributed by atoms with E-state index in [1.165, 1.54) is 0 Å². The topological polar surface area (TPSA) is 76.3 Å². The lowest BCUT2D eigenvalue weighted by atomic mass is 10.3. The Balaban J connectivity index is 2.20. The van der Waals surface area contributed by atoms with Crippen LogP contribution in [0.4, 0.5) is 11.8 Å². The summed E-state index contributed by atoms with van der Waals surface area (Å²) in [5, 5.41) is 0. The van der Waals surface area contributed by atoms with Crippen LogP contribution in [0.3, 0.4) is 0 Å². The number of rotatable bonds is 2. The van der Waals surface area contributed by atoms with Crippen LogP contribution in [0.5, 0.6) is 0 Å². The molecule has 1 aliphatic heterocycles. The molecule has 88 valence electrons. The van der Waals surface area contributed by atoms with Crippen molar-refractivity contribution in [3.05, 3.63) is 11.8 Å². The van der Waals surface area contributed by atoms with Crippen LogP contribution in [0.25, 0.3) is 0 Å². The second kappa shape index (κ2) is 5.09. The highest BCUT2D eigenvalue weighted by Gasteiger charge is 2.12. The Morgan fingerprint density at radius 1 is 1.38 bits per heavy atom. The molecule has 0 saturated carbocycles. The Morgan fingerprint density at radius 3 is 3.06 bits per heavy atom. The normalized spacial score (nSPS) is 17.0. The Hall–Kier alpha value is -1.40. The van der Waals surface area contributed by atoms with Crippen LogP contribution in [-0.4, -0.2) is 36.3 Å². The minimum Gasteiger partial charge on any atom is -0.380 e. The van der Waals surface area contributed by atoms with Crippen molar-refractivity contribution in [2.24, 2.45) is 5.84 Å². The third-order valence-corrected chi connectivity index (χ3v) is 2.52. The summed E-state index contributed by atoms with van der Waals surface area (Å²) in [5.41, 5.74) is 3.39. The minimum atomic E-state index is 0.458. The Kier molecular flexibility index (Phi) is 3.53. The summed E-state index contributed by atoms with van der Waals surface area (Å²) in [6.07, 6.45) is 1.02. The zero-order valence-corrected chi connectivity index (χ0v) is 9.44. The van der Waals surface area contributed by atoms with Crippen molar-refractivity contribution in [2.75, 3.05) is 36.6 Å². The van der Waals surface area contributed by atoms with Crippen LogP contribution >= 0.6 is 0 Å². The number of nitrogen functional groups attached to an aromatic ring is 1. The lowest BCUT2D eigenvalue weighted by molar-refractivity contribution is 0.152. The van der Waals surface area contributed by atoms with E-state index in [2.05, 4.69) is 20.3 Å². The standard InChI is InChI=1S/C10H17N5O/c1-8-7-9(13-10(12-8)14-11)15-3-2-5-16-6-4-15/h7H,2-6,11H2,1H3,(H,12,13,14). The molecular formula is C10H17N5O. The number of hydrazine groups is 1. The van der Waals surface area contributed by atoms with Crippen molar-refractivity contribution in [1.82, 2.24) is 9.97 Å².